The lowest BCUT2D eigenvalue weighted by atomic mass is 10.2. The molecule has 1 aliphatic rings. The first kappa shape index (κ1) is 18.7. The fraction of sp³-hybridized carbons (Fsp3) is 0.333. The number of rotatable bonds is 6. The van der Waals surface area contributed by atoms with Crippen molar-refractivity contribution in [2.45, 2.75) is 6.92 Å². The summed E-state index contributed by atoms with van der Waals surface area (Å²) < 4.78 is 10.8. The SMILES string of the molecule is Cc1cc(Cl)ccc1OCC(=O)N/N=C\c1ccc(N2CCOCC2)s1. The Balaban J connectivity index is 1.46. The molecule has 1 aliphatic heterocycles. The predicted molar refractivity (Wildman–Crippen MR) is 105 cm³/mol. The van der Waals surface area contributed by atoms with Crippen molar-refractivity contribution in [3.63, 3.8) is 0 Å². The Morgan fingerprint density at radius 2 is 2.19 bits per heavy atom. The van der Waals surface area contributed by atoms with Gasteiger partial charge in [-0.3, -0.25) is 4.79 Å². The Hall–Kier alpha value is -2.09. The van der Waals surface area contributed by atoms with E-state index in [1.165, 1.54) is 5.00 Å². The third-order valence-corrected chi connectivity index (χ3v) is 5.13. The van der Waals surface area contributed by atoms with Gasteiger partial charge < -0.3 is 14.4 Å². The van der Waals surface area contributed by atoms with Gasteiger partial charge >= 0.3 is 0 Å². The molecule has 2 aromatic rings. The van der Waals surface area contributed by atoms with Crippen LogP contribution in [0.2, 0.25) is 5.02 Å². The second-order valence-corrected chi connectivity index (χ2v) is 7.30. The van der Waals surface area contributed by atoms with Gasteiger partial charge in [0.25, 0.3) is 5.91 Å². The van der Waals surface area contributed by atoms with Crippen LogP contribution in [0.25, 0.3) is 0 Å². The number of carbonyl (C=O) groups is 1. The monoisotopic (exact) mass is 393 g/mol. The number of hydrazone groups is 1. The molecular formula is C18H20ClN3O3S. The van der Waals surface area contributed by atoms with E-state index in [9.17, 15) is 4.79 Å². The molecule has 138 valence electrons. The average molecular weight is 394 g/mol. The molecule has 6 nitrogen and oxygen atoms in total. The van der Waals surface area contributed by atoms with Gasteiger partial charge in [-0.25, -0.2) is 5.43 Å². The van der Waals surface area contributed by atoms with E-state index >= 15 is 0 Å². The summed E-state index contributed by atoms with van der Waals surface area (Å²) in [6.07, 6.45) is 1.64. The molecule has 0 aliphatic carbocycles. The van der Waals surface area contributed by atoms with Gasteiger partial charge in [-0.2, -0.15) is 5.10 Å². The lowest BCUT2D eigenvalue weighted by molar-refractivity contribution is -0.123. The van der Waals surface area contributed by atoms with Gasteiger partial charge in [-0.15, -0.1) is 11.3 Å². The van der Waals surface area contributed by atoms with E-state index in [1.54, 1.807) is 35.8 Å². The number of benzene rings is 1. The molecule has 0 spiro atoms. The number of ether oxygens (including phenoxy) is 2. The second-order valence-electron chi connectivity index (χ2n) is 5.77. The van der Waals surface area contributed by atoms with Crippen LogP contribution in [-0.2, 0) is 9.53 Å². The highest BCUT2D eigenvalue weighted by Crippen LogP contribution is 2.25. The maximum atomic E-state index is 11.8. The molecule has 1 saturated heterocycles. The quantitative estimate of drug-likeness (QED) is 0.605. The zero-order valence-electron chi connectivity index (χ0n) is 14.4. The van der Waals surface area contributed by atoms with Crippen molar-refractivity contribution < 1.29 is 14.3 Å². The number of morpholine rings is 1. The first-order valence-corrected chi connectivity index (χ1v) is 9.44. The van der Waals surface area contributed by atoms with Crippen LogP contribution >= 0.6 is 22.9 Å². The molecular weight excluding hydrogens is 374 g/mol. The molecule has 8 heteroatoms. The lowest BCUT2D eigenvalue weighted by Crippen LogP contribution is -2.35. The standard InChI is InChI=1S/C18H20ClN3O3S/c1-13-10-14(19)2-4-16(13)25-12-17(23)21-20-11-15-3-5-18(26-15)22-6-8-24-9-7-22/h2-5,10-11H,6-9,12H2,1H3,(H,21,23)/b20-11-. The van der Waals surface area contributed by atoms with Crippen LogP contribution in [0.4, 0.5) is 5.00 Å². The molecule has 0 radical (unpaired) electrons. The van der Waals surface area contributed by atoms with E-state index in [2.05, 4.69) is 21.5 Å². The van der Waals surface area contributed by atoms with Crippen molar-refractivity contribution in [2.24, 2.45) is 5.10 Å². The molecule has 1 fully saturated rings. The van der Waals surface area contributed by atoms with E-state index in [1.807, 2.05) is 13.0 Å². The van der Waals surface area contributed by atoms with Crippen LogP contribution in [0.1, 0.15) is 10.4 Å². The molecule has 3 rings (SSSR count). The van der Waals surface area contributed by atoms with E-state index in [0.29, 0.717) is 10.8 Å². The van der Waals surface area contributed by atoms with Crippen LogP contribution in [0.15, 0.2) is 35.4 Å². The highest BCUT2D eigenvalue weighted by atomic mass is 35.5. The van der Waals surface area contributed by atoms with Crippen molar-refractivity contribution in [3.05, 3.63) is 45.8 Å². The summed E-state index contributed by atoms with van der Waals surface area (Å²) in [7, 11) is 0. The predicted octanol–water partition coefficient (Wildman–Crippen LogP) is 3.08. The summed E-state index contributed by atoms with van der Waals surface area (Å²) in [6, 6.07) is 9.30. The summed E-state index contributed by atoms with van der Waals surface area (Å²) in [5.74, 6) is 0.308. The summed E-state index contributed by atoms with van der Waals surface area (Å²) in [6.45, 7) is 5.07. The smallest absolute Gasteiger partial charge is 0.277 e. The normalized spacial score (nSPS) is 14.6. The molecule has 1 N–H and O–H groups in total. The first-order chi connectivity index (χ1) is 12.6. The maximum Gasteiger partial charge on any atom is 0.277 e. The number of nitrogens with zero attached hydrogens (tertiary/aromatic N) is 2. The number of thiophene rings is 1. The number of nitrogens with one attached hydrogen (secondary N) is 1. The van der Waals surface area contributed by atoms with Crippen LogP contribution in [0, 0.1) is 6.92 Å². The number of hydrogen-bond donors (Lipinski definition) is 1. The fourth-order valence-corrected chi connectivity index (χ4v) is 3.64. The van der Waals surface area contributed by atoms with Crippen molar-refractivity contribution >= 4 is 40.1 Å². The average Bonchev–Trinajstić information content (AvgIpc) is 3.11. The zero-order chi connectivity index (χ0) is 18.4. The van der Waals surface area contributed by atoms with E-state index in [-0.39, 0.29) is 12.5 Å². The van der Waals surface area contributed by atoms with E-state index in [4.69, 9.17) is 21.1 Å². The third kappa shape index (κ3) is 5.20. The Kier molecular flexibility index (Phi) is 6.49. The van der Waals surface area contributed by atoms with Gasteiger partial charge in [0.2, 0.25) is 0 Å². The first-order valence-electron chi connectivity index (χ1n) is 8.25. The van der Waals surface area contributed by atoms with Crippen LogP contribution < -0.4 is 15.1 Å². The van der Waals surface area contributed by atoms with Crippen LogP contribution in [0.3, 0.4) is 0 Å². The minimum absolute atomic E-state index is 0.108. The highest BCUT2D eigenvalue weighted by Gasteiger charge is 2.12. The highest BCUT2D eigenvalue weighted by molar-refractivity contribution is 7.17. The Morgan fingerprint density at radius 1 is 1.38 bits per heavy atom. The molecule has 1 amide bonds. The van der Waals surface area contributed by atoms with E-state index in [0.717, 1.165) is 36.7 Å². The summed E-state index contributed by atoms with van der Waals surface area (Å²) in [5, 5.41) is 5.81. The van der Waals surface area contributed by atoms with Gasteiger partial charge in [0.05, 0.1) is 24.4 Å². The Morgan fingerprint density at radius 3 is 2.96 bits per heavy atom. The number of anilines is 1. The minimum Gasteiger partial charge on any atom is -0.483 e. The molecule has 1 aromatic heterocycles. The summed E-state index contributed by atoms with van der Waals surface area (Å²) in [5.41, 5.74) is 3.35. The molecule has 0 saturated carbocycles. The largest absolute Gasteiger partial charge is 0.483 e. The maximum absolute atomic E-state index is 11.8. The third-order valence-electron chi connectivity index (χ3n) is 3.81. The van der Waals surface area contributed by atoms with Gasteiger partial charge in [-0.05, 0) is 42.8 Å². The number of halogens is 1. The molecule has 0 unspecified atom stereocenters. The Bertz CT molecular complexity index is 788. The molecule has 0 bridgehead atoms. The summed E-state index contributed by atoms with van der Waals surface area (Å²) >= 11 is 7.53. The number of hydrogen-bond acceptors (Lipinski definition) is 6. The second kappa shape index (κ2) is 9.02. The molecule has 0 atom stereocenters. The van der Waals surface area contributed by atoms with Gasteiger partial charge in [0, 0.05) is 23.0 Å². The number of aryl methyl sites for hydroxylation is 1. The summed E-state index contributed by atoms with van der Waals surface area (Å²) in [4.78, 5) is 15.1. The van der Waals surface area contributed by atoms with Crippen LogP contribution in [-0.4, -0.2) is 45.0 Å². The van der Waals surface area contributed by atoms with Gasteiger partial charge in [0.1, 0.15) is 5.75 Å². The van der Waals surface area contributed by atoms with Crippen molar-refractivity contribution in [2.75, 3.05) is 37.8 Å². The molecule has 2 heterocycles. The lowest BCUT2D eigenvalue weighted by Gasteiger charge is -2.27. The van der Waals surface area contributed by atoms with Gasteiger partial charge in [0.15, 0.2) is 6.61 Å². The van der Waals surface area contributed by atoms with Crippen molar-refractivity contribution in [1.82, 2.24) is 5.43 Å². The van der Waals surface area contributed by atoms with Crippen molar-refractivity contribution in [1.29, 1.82) is 0 Å². The fourth-order valence-electron chi connectivity index (χ4n) is 2.48. The van der Waals surface area contributed by atoms with Gasteiger partial charge in [-0.1, -0.05) is 11.6 Å². The zero-order valence-corrected chi connectivity index (χ0v) is 16.0. The number of carbonyl (C=O) groups excluding carboxylic acids is 1. The molecule has 26 heavy (non-hydrogen) atoms. The van der Waals surface area contributed by atoms with E-state index < -0.39 is 0 Å². The van der Waals surface area contributed by atoms with Crippen molar-refractivity contribution in [3.8, 4) is 5.75 Å². The Labute approximate surface area is 161 Å². The van der Waals surface area contributed by atoms with Crippen LogP contribution in [0.5, 0.6) is 5.75 Å². The minimum atomic E-state index is -0.319. The number of amides is 1. The topological polar surface area (TPSA) is 63.2 Å². The molecule has 1 aromatic carbocycles.